The molecule has 9 nitrogen and oxygen atoms in total. The molecular formula is C14H26N2O7. The Bertz CT molecular complexity index is 425. The molecule has 0 fully saturated rings. The number of esters is 1. The first kappa shape index (κ1) is 21.3. The Morgan fingerprint density at radius 1 is 1.17 bits per heavy atom. The van der Waals surface area contributed by atoms with Crippen molar-refractivity contribution in [2.75, 3.05) is 0 Å². The Kier molecular flexibility index (Phi) is 8.73. The summed E-state index contributed by atoms with van der Waals surface area (Å²) in [6.45, 7) is 5.63. The normalized spacial score (nSPS) is 15.4. The quantitative estimate of drug-likeness (QED) is 0.195. The van der Waals surface area contributed by atoms with E-state index < -0.39 is 41.8 Å². The van der Waals surface area contributed by atoms with Crippen LogP contribution in [0.4, 0.5) is 0 Å². The van der Waals surface area contributed by atoms with Gasteiger partial charge >= 0.3 is 11.9 Å². The topological polar surface area (TPSA) is 159 Å². The van der Waals surface area contributed by atoms with Crippen molar-refractivity contribution in [3.05, 3.63) is 0 Å². The fraction of sp³-hybridized carbons (Fsp3) is 0.786. The Morgan fingerprint density at radius 3 is 2.22 bits per heavy atom. The summed E-state index contributed by atoms with van der Waals surface area (Å²) in [7, 11) is 0. The number of nitrogens with one attached hydrogen (secondary N) is 1. The second-order valence-corrected chi connectivity index (χ2v) is 5.92. The van der Waals surface area contributed by atoms with Gasteiger partial charge in [0, 0.05) is 5.54 Å². The highest BCUT2D eigenvalue weighted by atomic mass is 16.6. The minimum Gasteiger partial charge on any atom is -0.479 e. The number of carbonyl (C=O) groups is 3. The van der Waals surface area contributed by atoms with E-state index in [2.05, 4.69) is 17.0 Å². The number of aliphatic carboxylic acids is 1. The first-order valence-electron chi connectivity index (χ1n) is 7.39. The number of aliphatic hydroxyl groups excluding tert-OH is 2. The molecule has 0 saturated heterocycles. The number of carboxylic acid groups (broad SMARTS) is 1. The van der Waals surface area contributed by atoms with E-state index in [1.165, 1.54) is 0 Å². The predicted molar refractivity (Wildman–Crippen MR) is 80.1 cm³/mol. The monoisotopic (exact) mass is 334 g/mol. The summed E-state index contributed by atoms with van der Waals surface area (Å²) in [5.74, 6) is -4.08. The van der Waals surface area contributed by atoms with Crippen molar-refractivity contribution < 1.29 is 34.4 Å². The SMILES string of the molecule is CCCCCC(C)(C)NC(=O)C(N)OC(=O)C(O)C(O)C(=O)O. The van der Waals surface area contributed by atoms with Crippen LogP contribution in [0, 0.1) is 0 Å². The molecule has 0 aliphatic carbocycles. The standard InChI is InChI=1S/C14H26N2O7/c1-4-5-6-7-14(2,3)16-11(19)10(15)23-13(22)9(18)8(17)12(20)21/h8-10,17-18H,4-7,15H2,1-3H3,(H,16,19)(H,20,21). The van der Waals surface area contributed by atoms with Crippen LogP contribution in [0.5, 0.6) is 0 Å². The van der Waals surface area contributed by atoms with Gasteiger partial charge in [-0.1, -0.05) is 26.2 Å². The molecule has 0 spiro atoms. The molecule has 0 radical (unpaired) electrons. The second kappa shape index (κ2) is 9.43. The van der Waals surface area contributed by atoms with Crippen molar-refractivity contribution in [3.63, 3.8) is 0 Å². The first-order valence-corrected chi connectivity index (χ1v) is 7.39. The van der Waals surface area contributed by atoms with Gasteiger partial charge in [-0.2, -0.15) is 0 Å². The summed E-state index contributed by atoms with van der Waals surface area (Å²) >= 11 is 0. The number of amides is 1. The number of hydrogen-bond donors (Lipinski definition) is 5. The minimum atomic E-state index is -2.36. The van der Waals surface area contributed by atoms with Gasteiger partial charge in [0.05, 0.1) is 0 Å². The molecule has 23 heavy (non-hydrogen) atoms. The number of ether oxygens (including phenoxy) is 1. The van der Waals surface area contributed by atoms with E-state index in [0.29, 0.717) is 6.42 Å². The maximum absolute atomic E-state index is 11.9. The summed E-state index contributed by atoms with van der Waals surface area (Å²) in [5.41, 5.74) is 4.84. The van der Waals surface area contributed by atoms with E-state index in [-0.39, 0.29) is 0 Å². The lowest BCUT2D eigenvalue weighted by atomic mass is 9.96. The fourth-order valence-corrected chi connectivity index (χ4v) is 1.80. The molecule has 3 unspecified atom stereocenters. The molecule has 0 bridgehead atoms. The van der Waals surface area contributed by atoms with Crippen LogP contribution in [0.3, 0.4) is 0 Å². The number of carbonyl (C=O) groups excluding carboxylic acids is 2. The molecule has 0 heterocycles. The van der Waals surface area contributed by atoms with Gasteiger partial charge in [0.1, 0.15) is 0 Å². The van der Waals surface area contributed by atoms with Crippen molar-refractivity contribution in [1.29, 1.82) is 0 Å². The second-order valence-electron chi connectivity index (χ2n) is 5.92. The average molecular weight is 334 g/mol. The first-order chi connectivity index (χ1) is 10.5. The number of aliphatic hydroxyl groups is 2. The highest BCUT2D eigenvalue weighted by Gasteiger charge is 2.34. The van der Waals surface area contributed by atoms with Crippen LogP contribution in [-0.2, 0) is 19.1 Å². The van der Waals surface area contributed by atoms with Crippen LogP contribution in [0.2, 0.25) is 0 Å². The third-order valence-electron chi connectivity index (χ3n) is 3.16. The molecule has 0 aromatic carbocycles. The van der Waals surface area contributed by atoms with Gasteiger partial charge in [0.15, 0.2) is 12.2 Å². The Morgan fingerprint density at radius 2 is 1.74 bits per heavy atom. The lowest BCUT2D eigenvalue weighted by Crippen LogP contribution is -2.53. The Balaban J connectivity index is 4.49. The summed E-state index contributed by atoms with van der Waals surface area (Å²) in [4.78, 5) is 33.8. The highest BCUT2D eigenvalue weighted by molar-refractivity contribution is 5.87. The van der Waals surface area contributed by atoms with E-state index in [1.54, 1.807) is 13.8 Å². The molecule has 134 valence electrons. The van der Waals surface area contributed by atoms with Gasteiger partial charge in [-0.25, -0.2) is 9.59 Å². The summed E-state index contributed by atoms with van der Waals surface area (Å²) in [5, 5.41) is 29.4. The average Bonchev–Trinajstić information content (AvgIpc) is 2.44. The van der Waals surface area contributed by atoms with Crippen LogP contribution < -0.4 is 11.1 Å². The van der Waals surface area contributed by atoms with Crippen LogP contribution >= 0.6 is 0 Å². The van der Waals surface area contributed by atoms with Gasteiger partial charge in [-0.3, -0.25) is 10.5 Å². The van der Waals surface area contributed by atoms with E-state index in [0.717, 1.165) is 19.3 Å². The third-order valence-corrected chi connectivity index (χ3v) is 3.16. The number of hydrogen-bond acceptors (Lipinski definition) is 7. The van der Waals surface area contributed by atoms with E-state index in [9.17, 15) is 19.5 Å². The predicted octanol–water partition coefficient (Wildman–Crippen LogP) is -0.904. The zero-order valence-corrected chi connectivity index (χ0v) is 13.6. The zero-order chi connectivity index (χ0) is 18.2. The van der Waals surface area contributed by atoms with Crippen molar-refractivity contribution in [2.45, 2.75) is 70.4 Å². The van der Waals surface area contributed by atoms with Gasteiger partial charge < -0.3 is 25.4 Å². The number of unbranched alkanes of at least 4 members (excludes halogenated alkanes) is 2. The maximum atomic E-state index is 11.9. The van der Waals surface area contributed by atoms with E-state index in [1.807, 2.05) is 0 Å². The summed E-state index contributed by atoms with van der Waals surface area (Å²) in [6.07, 6.45) is -2.75. The van der Waals surface area contributed by atoms with Gasteiger partial charge in [0.2, 0.25) is 6.23 Å². The zero-order valence-electron chi connectivity index (χ0n) is 13.6. The fourth-order valence-electron chi connectivity index (χ4n) is 1.80. The smallest absolute Gasteiger partial charge is 0.340 e. The molecule has 3 atom stereocenters. The lowest BCUT2D eigenvalue weighted by Gasteiger charge is -2.28. The van der Waals surface area contributed by atoms with Crippen molar-refractivity contribution in [3.8, 4) is 0 Å². The molecule has 0 rings (SSSR count). The summed E-state index contributed by atoms with van der Waals surface area (Å²) < 4.78 is 4.47. The largest absolute Gasteiger partial charge is 0.479 e. The van der Waals surface area contributed by atoms with Gasteiger partial charge in [-0.15, -0.1) is 0 Å². The van der Waals surface area contributed by atoms with Crippen molar-refractivity contribution in [2.24, 2.45) is 5.73 Å². The number of carboxylic acids is 1. The Hall–Kier alpha value is -1.71. The molecule has 0 aliphatic heterocycles. The van der Waals surface area contributed by atoms with E-state index >= 15 is 0 Å². The number of nitrogens with two attached hydrogens (primary N) is 1. The van der Waals surface area contributed by atoms with Crippen molar-refractivity contribution in [1.82, 2.24) is 5.32 Å². The van der Waals surface area contributed by atoms with E-state index in [4.69, 9.17) is 15.9 Å². The van der Waals surface area contributed by atoms with Gasteiger partial charge in [0.25, 0.3) is 5.91 Å². The molecule has 0 aromatic heterocycles. The highest BCUT2D eigenvalue weighted by Crippen LogP contribution is 2.14. The molecule has 0 aromatic rings. The molecule has 9 heteroatoms. The number of rotatable bonds is 10. The molecule has 1 amide bonds. The van der Waals surface area contributed by atoms with Gasteiger partial charge in [-0.05, 0) is 20.3 Å². The Labute approximate surface area is 134 Å². The van der Waals surface area contributed by atoms with Crippen LogP contribution in [0.25, 0.3) is 0 Å². The van der Waals surface area contributed by atoms with Crippen LogP contribution in [-0.4, -0.2) is 57.1 Å². The third kappa shape index (κ3) is 7.91. The molecule has 0 aliphatic rings. The molecular weight excluding hydrogens is 308 g/mol. The minimum absolute atomic E-state index is 0.560. The molecule has 0 saturated carbocycles. The van der Waals surface area contributed by atoms with Crippen LogP contribution in [0.1, 0.15) is 46.5 Å². The lowest BCUT2D eigenvalue weighted by molar-refractivity contribution is -0.175. The molecule has 6 N–H and O–H groups in total. The van der Waals surface area contributed by atoms with Crippen molar-refractivity contribution >= 4 is 17.8 Å². The maximum Gasteiger partial charge on any atom is 0.340 e. The summed E-state index contributed by atoms with van der Waals surface area (Å²) in [6, 6.07) is 0. The van der Waals surface area contributed by atoms with Crippen LogP contribution in [0.15, 0.2) is 0 Å².